The maximum absolute atomic E-state index is 14.1. The molecule has 4 atom stereocenters. The minimum Gasteiger partial charge on any atom is -0.356 e. The van der Waals surface area contributed by atoms with Crippen LogP contribution in [0.15, 0.2) is 72.8 Å². The van der Waals surface area contributed by atoms with Crippen molar-refractivity contribution in [1.82, 2.24) is 20.5 Å². The number of aromatic amines is 1. The third kappa shape index (κ3) is 4.34. The van der Waals surface area contributed by atoms with Crippen LogP contribution >= 0.6 is 11.6 Å². The number of aromatic nitrogens is 1. The smallest absolute Gasteiger partial charge is 0.255 e. The second-order valence-electron chi connectivity index (χ2n) is 10.7. The number of amides is 3. The highest BCUT2D eigenvalue weighted by Gasteiger charge is 2.49. The normalized spacial score (nSPS) is 19.0. The first-order chi connectivity index (χ1) is 19.4. The van der Waals surface area contributed by atoms with Crippen LogP contribution in [0, 0.1) is 5.92 Å². The van der Waals surface area contributed by atoms with Crippen LogP contribution in [-0.2, 0) is 22.6 Å². The lowest BCUT2D eigenvalue weighted by atomic mass is 9.89. The van der Waals surface area contributed by atoms with E-state index in [9.17, 15) is 14.4 Å². The fourth-order valence-electron chi connectivity index (χ4n) is 6.02. The molecule has 40 heavy (non-hydrogen) atoms. The Labute approximate surface area is 237 Å². The molecule has 3 aromatic carbocycles. The quantitative estimate of drug-likeness (QED) is 0.295. The number of nitrogens with one attached hydrogen (secondary N) is 3. The average molecular weight is 555 g/mol. The number of carbonyl (C=O) groups excluding carboxylic acids is 3. The van der Waals surface area contributed by atoms with Crippen molar-refractivity contribution in [2.24, 2.45) is 5.92 Å². The summed E-state index contributed by atoms with van der Waals surface area (Å²) < 4.78 is 0. The van der Waals surface area contributed by atoms with E-state index in [1.165, 1.54) is 0 Å². The molecule has 0 saturated heterocycles. The Morgan fingerprint density at radius 2 is 1.77 bits per heavy atom. The number of H-pyrrole nitrogens is 1. The molecule has 0 aliphatic carbocycles. The van der Waals surface area contributed by atoms with Crippen molar-refractivity contribution in [2.75, 3.05) is 0 Å². The van der Waals surface area contributed by atoms with E-state index >= 15 is 0 Å². The van der Waals surface area contributed by atoms with Crippen LogP contribution in [0.2, 0.25) is 5.02 Å². The van der Waals surface area contributed by atoms with Gasteiger partial charge in [0.15, 0.2) is 0 Å². The molecule has 0 saturated carbocycles. The molecule has 0 bridgehead atoms. The fraction of sp³-hybridized carbons (Fsp3) is 0.281. The zero-order valence-electron chi connectivity index (χ0n) is 22.4. The summed E-state index contributed by atoms with van der Waals surface area (Å²) in [5.74, 6) is -0.905. The summed E-state index contributed by atoms with van der Waals surface area (Å²) in [5, 5.41) is 7.59. The average Bonchev–Trinajstić information content (AvgIpc) is 3.50. The molecule has 1 aromatic heterocycles. The summed E-state index contributed by atoms with van der Waals surface area (Å²) in [6.07, 6.45) is 1.05. The molecule has 4 aromatic rings. The van der Waals surface area contributed by atoms with Gasteiger partial charge in [-0.15, -0.1) is 0 Å². The Balaban J connectivity index is 1.32. The van der Waals surface area contributed by atoms with Crippen LogP contribution in [0.1, 0.15) is 59.1 Å². The lowest BCUT2D eigenvalue weighted by Crippen LogP contribution is -2.58. The van der Waals surface area contributed by atoms with Gasteiger partial charge in [0.2, 0.25) is 11.8 Å². The van der Waals surface area contributed by atoms with Gasteiger partial charge >= 0.3 is 0 Å². The highest BCUT2D eigenvalue weighted by atomic mass is 35.5. The molecule has 3 heterocycles. The molecule has 0 fully saturated rings. The van der Waals surface area contributed by atoms with Crippen molar-refractivity contribution in [1.29, 1.82) is 0 Å². The van der Waals surface area contributed by atoms with Crippen molar-refractivity contribution in [3.63, 3.8) is 0 Å². The molecule has 3 N–H and O–H groups in total. The third-order valence-electron chi connectivity index (χ3n) is 8.36. The number of rotatable bonds is 7. The Kier molecular flexibility index (Phi) is 6.84. The molecule has 7 nitrogen and oxygen atoms in total. The number of nitrogens with zero attached hydrogens (tertiary/aromatic N) is 1. The summed E-state index contributed by atoms with van der Waals surface area (Å²) >= 11 is 6.28. The number of carbonyl (C=O) groups is 3. The predicted molar refractivity (Wildman–Crippen MR) is 155 cm³/mol. The Bertz CT molecular complexity index is 1630. The van der Waals surface area contributed by atoms with Gasteiger partial charge < -0.3 is 20.5 Å². The number of halogens is 1. The fourth-order valence-corrected chi connectivity index (χ4v) is 6.23. The van der Waals surface area contributed by atoms with Gasteiger partial charge in [0.1, 0.15) is 12.1 Å². The van der Waals surface area contributed by atoms with Crippen molar-refractivity contribution in [3.05, 3.63) is 106 Å². The second-order valence-corrected chi connectivity index (χ2v) is 11.1. The molecule has 0 unspecified atom stereocenters. The van der Waals surface area contributed by atoms with Crippen LogP contribution in [0.25, 0.3) is 10.9 Å². The summed E-state index contributed by atoms with van der Waals surface area (Å²) in [4.78, 5) is 46.4. The molecule has 3 amide bonds. The summed E-state index contributed by atoms with van der Waals surface area (Å²) in [7, 11) is 0. The van der Waals surface area contributed by atoms with E-state index in [0.29, 0.717) is 23.4 Å². The first-order valence-corrected chi connectivity index (χ1v) is 14.1. The minimum atomic E-state index is -0.764. The maximum Gasteiger partial charge on any atom is 0.255 e. The van der Waals surface area contributed by atoms with Gasteiger partial charge in [0.05, 0.1) is 6.04 Å². The number of hydrogen-bond acceptors (Lipinski definition) is 3. The first-order valence-electron chi connectivity index (χ1n) is 13.7. The van der Waals surface area contributed by atoms with Crippen molar-refractivity contribution in [3.8, 4) is 0 Å². The molecular weight excluding hydrogens is 524 g/mol. The molecule has 204 valence electrons. The van der Waals surface area contributed by atoms with Crippen LogP contribution in [0.4, 0.5) is 0 Å². The number of fused-ring (bicyclic) bond motifs is 7. The van der Waals surface area contributed by atoms with Gasteiger partial charge in [0.25, 0.3) is 5.91 Å². The number of benzene rings is 3. The van der Waals surface area contributed by atoms with Gasteiger partial charge in [-0.2, -0.15) is 0 Å². The van der Waals surface area contributed by atoms with Crippen LogP contribution in [-0.4, -0.2) is 39.7 Å². The van der Waals surface area contributed by atoms with Crippen molar-refractivity contribution < 1.29 is 14.4 Å². The largest absolute Gasteiger partial charge is 0.356 e. The Hall–Kier alpha value is -4.10. The lowest BCUT2D eigenvalue weighted by Gasteiger charge is -2.38. The van der Waals surface area contributed by atoms with Gasteiger partial charge in [0, 0.05) is 40.1 Å². The van der Waals surface area contributed by atoms with Crippen LogP contribution in [0.3, 0.4) is 0 Å². The highest BCUT2D eigenvalue weighted by Crippen LogP contribution is 2.46. The standard InChI is InChI=1S/C32H31ClN4O3/c1-3-18(2)27(31(39)34-17-19-10-4-8-14-24(19)33)36-30(38)26-16-23-20-11-7-9-15-25(20)35-28(23)29-21-12-5-6-13-22(21)32(40)37(26)29/h4-15,18,26-27,29,35H,3,16-17H2,1-2H3,(H,34,39)(H,36,38)/t18-,26-,27-,29-/m0/s1. The molecule has 0 radical (unpaired) electrons. The van der Waals surface area contributed by atoms with Crippen molar-refractivity contribution in [2.45, 2.75) is 51.4 Å². The van der Waals surface area contributed by atoms with E-state index in [1.807, 2.05) is 80.6 Å². The van der Waals surface area contributed by atoms with E-state index in [-0.39, 0.29) is 30.2 Å². The molecular formula is C32H31ClN4O3. The summed E-state index contributed by atoms with van der Waals surface area (Å²) in [6.45, 7) is 4.18. The molecule has 6 rings (SSSR count). The topological polar surface area (TPSA) is 94.3 Å². The maximum atomic E-state index is 14.1. The van der Waals surface area contributed by atoms with Crippen molar-refractivity contribution >= 4 is 40.2 Å². The summed E-state index contributed by atoms with van der Waals surface area (Å²) in [6, 6.07) is 21.0. The summed E-state index contributed by atoms with van der Waals surface area (Å²) in [5.41, 5.74) is 5.24. The Morgan fingerprint density at radius 1 is 1.05 bits per heavy atom. The molecule has 8 heteroatoms. The monoisotopic (exact) mass is 554 g/mol. The van der Waals surface area contributed by atoms with Crippen LogP contribution in [0.5, 0.6) is 0 Å². The third-order valence-corrected chi connectivity index (χ3v) is 8.73. The highest BCUT2D eigenvalue weighted by molar-refractivity contribution is 6.31. The molecule has 0 spiro atoms. The van der Waals surface area contributed by atoms with Gasteiger partial charge in [-0.05, 0) is 40.8 Å². The lowest BCUT2D eigenvalue weighted by molar-refractivity contribution is -0.133. The van der Waals surface area contributed by atoms with E-state index in [1.54, 1.807) is 11.0 Å². The molecule has 2 aliphatic heterocycles. The minimum absolute atomic E-state index is 0.121. The van der Waals surface area contributed by atoms with Gasteiger partial charge in [-0.1, -0.05) is 86.5 Å². The first kappa shape index (κ1) is 26.1. The van der Waals surface area contributed by atoms with E-state index in [4.69, 9.17) is 11.6 Å². The van der Waals surface area contributed by atoms with Gasteiger partial charge in [-0.25, -0.2) is 0 Å². The van der Waals surface area contributed by atoms with Crippen LogP contribution < -0.4 is 10.6 Å². The van der Waals surface area contributed by atoms with E-state index < -0.39 is 18.1 Å². The zero-order chi connectivity index (χ0) is 28.0. The predicted octanol–water partition coefficient (Wildman–Crippen LogP) is 5.14. The molecule has 2 aliphatic rings. The van der Waals surface area contributed by atoms with E-state index in [0.717, 1.165) is 33.3 Å². The Morgan fingerprint density at radius 3 is 2.58 bits per heavy atom. The van der Waals surface area contributed by atoms with E-state index in [2.05, 4.69) is 15.6 Å². The zero-order valence-corrected chi connectivity index (χ0v) is 23.2. The van der Waals surface area contributed by atoms with Gasteiger partial charge in [-0.3, -0.25) is 14.4 Å². The number of para-hydroxylation sites is 1. The number of hydrogen-bond donors (Lipinski definition) is 3. The SMILES string of the molecule is CC[C@H](C)[C@H](NC(=O)[C@@H]1Cc2c([nH]c3ccccc23)[C@@H]2c3ccccc3C(=O)N21)C(=O)NCc1ccccc1Cl. The second kappa shape index (κ2) is 10.5.